The molecule has 0 saturated heterocycles. The number of hydrogen-bond donors (Lipinski definition) is 0. The highest BCUT2D eigenvalue weighted by Gasteiger charge is 2.13. The first kappa shape index (κ1) is 9.73. The molecule has 5 heteroatoms. The molecule has 68 valence electrons. The van der Waals surface area contributed by atoms with Crippen molar-refractivity contribution in [3.63, 3.8) is 0 Å². The van der Waals surface area contributed by atoms with Crippen LogP contribution >= 0.6 is 11.8 Å². The van der Waals surface area contributed by atoms with Crippen LogP contribution in [0.3, 0.4) is 0 Å². The maximum Gasteiger partial charge on any atom is 0.377 e. The van der Waals surface area contributed by atoms with Gasteiger partial charge in [-0.2, -0.15) is 0 Å². The molecule has 13 heavy (non-hydrogen) atoms. The molecular formula is C8H8N2O2S. The molecule has 0 fully saturated rings. The van der Waals surface area contributed by atoms with Gasteiger partial charge in [-0.1, -0.05) is 6.08 Å². The first-order valence-corrected chi connectivity index (χ1v) is 4.57. The van der Waals surface area contributed by atoms with Crippen molar-refractivity contribution in [3.05, 3.63) is 41.1 Å². The maximum absolute atomic E-state index is 10.5. The summed E-state index contributed by atoms with van der Waals surface area (Å²) in [5.41, 5.74) is 0. The van der Waals surface area contributed by atoms with Crippen LogP contribution in [-0.4, -0.2) is 15.7 Å². The summed E-state index contributed by atoms with van der Waals surface area (Å²) in [6, 6.07) is 3.36. The molecule has 0 amide bonds. The monoisotopic (exact) mass is 196 g/mol. The quantitative estimate of drug-likeness (QED) is 0.321. The van der Waals surface area contributed by atoms with E-state index in [1.807, 2.05) is 0 Å². The van der Waals surface area contributed by atoms with Gasteiger partial charge >= 0.3 is 5.82 Å². The SMILES string of the molecule is C=CCSc1cccnc1[N+](=O)[O-]. The van der Waals surface area contributed by atoms with E-state index in [0.717, 1.165) is 0 Å². The zero-order valence-electron chi connectivity index (χ0n) is 6.84. The van der Waals surface area contributed by atoms with Gasteiger partial charge in [0.05, 0.1) is 0 Å². The standard InChI is InChI=1S/C8H8N2O2S/c1-2-6-13-7-4-3-5-9-8(7)10(11)12/h2-5H,1,6H2. The van der Waals surface area contributed by atoms with Crippen LogP contribution in [0.2, 0.25) is 0 Å². The van der Waals surface area contributed by atoms with E-state index in [-0.39, 0.29) is 5.82 Å². The number of aromatic nitrogens is 1. The van der Waals surface area contributed by atoms with Crippen LogP contribution in [-0.2, 0) is 0 Å². The van der Waals surface area contributed by atoms with Crippen LogP contribution in [0.5, 0.6) is 0 Å². The van der Waals surface area contributed by atoms with Gasteiger partial charge < -0.3 is 10.1 Å². The van der Waals surface area contributed by atoms with E-state index >= 15 is 0 Å². The van der Waals surface area contributed by atoms with E-state index in [1.165, 1.54) is 18.0 Å². The highest BCUT2D eigenvalue weighted by Crippen LogP contribution is 2.25. The van der Waals surface area contributed by atoms with E-state index in [2.05, 4.69) is 11.6 Å². The minimum atomic E-state index is -0.481. The molecule has 0 aliphatic rings. The van der Waals surface area contributed by atoms with Crippen LogP contribution in [0, 0.1) is 10.1 Å². The molecule has 0 atom stereocenters. The minimum absolute atomic E-state index is 0.0886. The van der Waals surface area contributed by atoms with Crippen molar-refractivity contribution in [2.75, 3.05) is 5.75 Å². The van der Waals surface area contributed by atoms with Gasteiger partial charge in [-0.15, -0.1) is 18.3 Å². The molecule has 0 unspecified atom stereocenters. The topological polar surface area (TPSA) is 56.0 Å². The molecule has 0 aromatic carbocycles. The lowest BCUT2D eigenvalue weighted by molar-refractivity contribution is -0.392. The average Bonchev–Trinajstić information content (AvgIpc) is 2.15. The molecule has 1 rings (SSSR count). The molecule has 4 nitrogen and oxygen atoms in total. The Kier molecular flexibility index (Phi) is 3.45. The fourth-order valence-corrected chi connectivity index (χ4v) is 1.51. The van der Waals surface area contributed by atoms with Gasteiger partial charge in [0.15, 0.2) is 0 Å². The van der Waals surface area contributed by atoms with Gasteiger partial charge in [0.1, 0.15) is 11.1 Å². The lowest BCUT2D eigenvalue weighted by Gasteiger charge is -1.98. The predicted octanol–water partition coefficient (Wildman–Crippen LogP) is 2.27. The summed E-state index contributed by atoms with van der Waals surface area (Å²) in [5.74, 6) is 0.557. The molecular weight excluding hydrogens is 188 g/mol. The van der Waals surface area contributed by atoms with Crippen molar-refractivity contribution in [3.8, 4) is 0 Å². The Morgan fingerprint density at radius 3 is 3.15 bits per heavy atom. The van der Waals surface area contributed by atoms with Crippen molar-refractivity contribution in [1.29, 1.82) is 0 Å². The molecule has 1 aromatic rings. The normalized spacial score (nSPS) is 9.54. The number of nitro groups is 1. The predicted molar refractivity (Wildman–Crippen MR) is 51.8 cm³/mol. The van der Waals surface area contributed by atoms with E-state index in [1.54, 1.807) is 18.2 Å². The van der Waals surface area contributed by atoms with Gasteiger partial charge in [-0.05, 0) is 22.0 Å². The molecule has 0 bridgehead atoms. The second-order valence-electron chi connectivity index (χ2n) is 2.18. The van der Waals surface area contributed by atoms with Crippen molar-refractivity contribution >= 4 is 17.6 Å². The Bertz CT molecular complexity index is 328. The van der Waals surface area contributed by atoms with E-state index in [9.17, 15) is 10.1 Å². The number of rotatable bonds is 4. The van der Waals surface area contributed by atoms with Crippen LogP contribution < -0.4 is 0 Å². The molecule has 0 radical (unpaired) electrons. The Balaban J connectivity index is 2.90. The third-order valence-electron chi connectivity index (χ3n) is 1.28. The number of nitrogens with zero attached hydrogens (tertiary/aromatic N) is 2. The highest BCUT2D eigenvalue weighted by atomic mass is 32.2. The second kappa shape index (κ2) is 4.61. The summed E-state index contributed by atoms with van der Waals surface area (Å²) in [5, 5.41) is 10.5. The van der Waals surface area contributed by atoms with Gasteiger partial charge in [0.25, 0.3) is 0 Å². The molecule has 0 aliphatic carbocycles. The number of hydrogen-bond acceptors (Lipinski definition) is 4. The van der Waals surface area contributed by atoms with Gasteiger partial charge in [0.2, 0.25) is 0 Å². The van der Waals surface area contributed by atoms with Gasteiger partial charge in [-0.3, -0.25) is 0 Å². The molecule has 1 heterocycles. The average molecular weight is 196 g/mol. The molecule has 0 spiro atoms. The molecule has 0 aliphatic heterocycles. The molecule has 1 aromatic heterocycles. The third-order valence-corrected chi connectivity index (χ3v) is 2.31. The Hall–Kier alpha value is -1.36. The van der Waals surface area contributed by atoms with Crippen molar-refractivity contribution in [2.24, 2.45) is 0 Å². The van der Waals surface area contributed by atoms with Crippen molar-refractivity contribution < 1.29 is 4.92 Å². The Morgan fingerprint density at radius 1 is 1.77 bits per heavy atom. The minimum Gasteiger partial charge on any atom is -0.358 e. The van der Waals surface area contributed by atoms with Gasteiger partial charge in [-0.25, -0.2) is 0 Å². The Morgan fingerprint density at radius 2 is 2.54 bits per heavy atom. The van der Waals surface area contributed by atoms with Crippen LogP contribution in [0.1, 0.15) is 0 Å². The lowest BCUT2D eigenvalue weighted by atomic mass is 10.5. The zero-order chi connectivity index (χ0) is 9.68. The third kappa shape index (κ3) is 2.55. The molecule has 0 N–H and O–H groups in total. The van der Waals surface area contributed by atoms with E-state index in [0.29, 0.717) is 10.6 Å². The molecule has 0 saturated carbocycles. The maximum atomic E-state index is 10.5. The summed E-state index contributed by atoms with van der Waals surface area (Å²) in [6.07, 6.45) is 3.11. The van der Waals surface area contributed by atoms with Gasteiger partial charge in [0, 0.05) is 5.75 Å². The highest BCUT2D eigenvalue weighted by molar-refractivity contribution is 7.99. The Labute approximate surface area is 79.8 Å². The largest absolute Gasteiger partial charge is 0.377 e. The number of thioether (sulfide) groups is 1. The summed E-state index contributed by atoms with van der Waals surface area (Å²) in [7, 11) is 0. The summed E-state index contributed by atoms with van der Waals surface area (Å²) in [4.78, 5) is 14.3. The van der Waals surface area contributed by atoms with E-state index < -0.39 is 4.92 Å². The first-order valence-electron chi connectivity index (χ1n) is 3.59. The first-order chi connectivity index (χ1) is 6.25. The number of pyridine rings is 1. The zero-order valence-corrected chi connectivity index (χ0v) is 7.66. The summed E-state index contributed by atoms with van der Waals surface area (Å²) < 4.78 is 0. The van der Waals surface area contributed by atoms with Crippen LogP contribution in [0.15, 0.2) is 35.9 Å². The second-order valence-corrected chi connectivity index (χ2v) is 3.24. The lowest BCUT2D eigenvalue weighted by Crippen LogP contribution is -1.93. The fourth-order valence-electron chi connectivity index (χ4n) is 0.781. The summed E-state index contributed by atoms with van der Waals surface area (Å²) in [6.45, 7) is 3.54. The van der Waals surface area contributed by atoms with Crippen molar-refractivity contribution in [2.45, 2.75) is 4.90 Å². The fraction of sp³-hybridized carbons (Fsp3) is 0.125. The smallest absolute Gasteiger partial charge is 0.358 e. The summed E-state index contributed by atoms with van der Waals surface area (Å²) >= 11 is 1.35. The van der Waals surface area contributed by atoms with Crippen LogP contribution in [0.4, 0.5) is 5.82 Å². The van der Waals surface area contributed by atoms with Crippen LogP contribution in [0.25, 0.3) is 0 Å². The van der Waals surface area contributed by atoms with E-state index in [4.69, 9.17) is 0 Å². The van der Waals surface area contributed by atoms with Crippen molar-refractivity contribution in [1.82, 2.24) is 4.98 Å².